The van der Waals surface area contributed by atoms with E-state index in [0.717, 1.165) is 21.9 Å². The van der Waals surface area contributed by atoms with Crippen LogP contribution in [0.25, 0.3) is 11.3 Å². The number of hydrogen-bond donors (Lipinski definition) is 1. The number of hydrogen-bond acceptors (Lipinski definition) is 4. The number of carbonyl (C=O) groups excluding carboxylic acids is 1. The number of carbonyl (C=O) groups is 1. The van der Waals surface area contributed by atoms with Gasteiger partial charge in [-0.15, -0.1) is 11.3 Å². The highest BCUT2D eigenvalue weighted by molar-refractivity contribution is 7.16. The Kier molecular flexibility index (Phi) is 5.61. The fraction of sp³-hybridized carbons (Fsp3) is 0.273. The molecule has 0 saturated heterocycles. The summed E-state index contributed by atoms with van der Waals surface area (Å²) in [5.74, 6) is 0.579. The molecule has 140 valence electrons. The van der Waals surface area contributed by atoms with E-state index in [1.165, 1.54) is 22.5 Å². The van der Waals surface area contributed by atoms with Crippen LogP contribution in [0.4, 0.5) is 5.13 Å². The van der Waals surface area contributed by atoms with Crippen LogP contribution in [0, 0.1) is 20.8 Å². The van der Waals surface area contributed by atoms with Crippen LogP contribution in [0.3, 0.4) is 0 Å². The van der Waals surface area contributed by atoms with Gasteiger partial charge in [-0.3, -0.25) is 10.1 Å². The van der Waals surface area contributed by atoms with Crippen molar-refractivity contribution in [3.8, 4) is 17.0 Å². The molecule has 0 aliphatic heterocycles. The predicted octanol–water partition coefficient (Wildman–Crippen LogP) is 5.77. The minimum absolute atomic E-state index is 0.104. The highest BCUT2D eigenvalue weighted by Crippen LogP contribution is 2.31. The third-order valence-electron chi connectivity index (χ3n) is 4.29. The number of thiazole rings is 1. The molecular formula is C22H24N2O2S. The van der Waals surface area contributed by atoms with Gasteiger partial charge in [0.15, 0.2) is 5.13 Å². The number of ether oxygens (including phenoxy) is 1. The summed E-state index contributed by atoms with van der Waals surface area (Å²) in [6.45, 7) is 10.2. The molecule has 0 fully saturated rings. The lowest BCUT2D eigenvalue weighted by Crippen LogP contribution is -2.12. The van der Waals surface area contributed by atoms with Gasteiger partial charge in [0.25, 0.3) is 5.91 Å². The third-order valence-corrected chi connectivity index (χ3v) is 5.17. The third kappa shape index (κ3) is 4.55. The van der Waals surface area contributed by atoms with Crippen LogP contribution in [0.2, 0.25) is 0 Å². The van der Waals surface area contributed by atoms with Crippen LogP contribution >= 0.6 is 11.3 Å². The summed E-state index contributed by atoms with van der Waals surface area (Å²) < 4.78 is 5.61. The zero-order valence-corrected chi connectivity index (χ0v) is 17.1. The van der Waals surface area contributed by atoms with Crippen molar-refractivity contribution in [3.63, 3.8) is 0 Å². The standard InChI is InChI=1S/C22H24N2O2S/c1-13(2)26-19-10-8-17(9-11-19)21(25)24-22-23-20(16(5)27-22)18-7-6-14(3)15(4)12-18/h6-13H,1-5H3,(H,23,24,25). The molecule has 0 unspecified atom stereocenters. The first-order valence-corrected chi connectivity index (χ1v) is 9.78. The molecule has 1 heterocycles. The Morgan fingerprint density at radius 1 is 1.04 bits per heavy atom. The molecule has 0 saturated carbocycles. The molecule has 0 aliphatic carbocycles. The van der Waals surface area contributed by atoms with Gasteiger partial charge >= 0.3 is 0 Å². The average molecular weight is 381 g/mol. The molecule has 3 rings (SSSR count). The molecular weight excluding hydrogens is 356 g/mol. The van der Waals surface area contributed by atoms with E-state index in [1.54, 1.807) is 12.1 Å². The molecule has 0 spiro atoms. The van der Waals surface area contributed by atoms with Crippen molar-refractivity contribution >= 4 is 22.4 Å². The largest absolute Gasteiger partial charge is 0.491 e. The van der Waals surface area contributed by atoms with Crippen molar-refractivity contribution in [3.05, 3.63) is 64.0 Å². The lowest BCUT2D eigenvalue weighted by Gasteiger charge is -2.09. The van der Waals surface area contributed by atoms with Crippen LogP contribution in [-0.2, 0) is 0 Å². The van der Waals surface area contributed by atoms with Gasteiger partial charge in [-0.1, -0.05) is 12.1 Å². The Balaban J connectivity index is 1.76. The molecule has 5 heteroatoms. The second-order valence-electron chi connectivity index (χ2n) is 6.87. The molecule has 27 heavy (non-hydrogen) atoms. The molecule has 4 nitrogen and oxygen atoms in total. The second-order valence-corrected chi connectivity index (χ2v) is 8.07. The van der Waals surface area contributed by atoms with Gasteiger partial charge in [-0.2, -0.15) is 0 Å². The smallest absolute Gasteiger partial charge is 0.257 e. The van der Waals surface area contributed by atoms with Gasteiger partial charge in [-0.05, 0) is 76.1 Å². The summed E-state index contributed by atoms with van der Waals surface area (Å²) in [4.78, 5) is 18.2. The molecule has 2 aromatic carbocycles. The molecule has 3 aromatic rings. The summed E-state index contributed by atoms with van der Waals surface area (Å²) in [5, 5.41) is 3.51. The molecule has 1 N–H and O–H groups in total. The highest BCUT2D eigenvalue weighted by atomic mass is 32.1. The van der Waals surface area contributed by atoms with Crippen LogP contribution in [0.15, 0.2) is 42.5 Å². The van der Waals surface area contributed by atoms with E-state index in [-0.39, 0.29) is 12.0 Å². The number of nitrogens with zero attached hydrogens (tertiary/aromatic N) is 1. The Morgan fingerprint density at radius 2 is 1.74 bits per heavy atom. The van der Waals surface area contributed by atoms with Gasteiger partial charge in [0.2, 0.25) is 0 Å². The SMILES string of the molecule is Cc1ccc(-c2nc(NC(=O)c3ccc(OC(C)C)cc3)sc2C)cc1C. The lowest BCUT2D eigenvalue weighted by molar-refractivity contribution is 0.102. The molecule has 0 atom stereocenters. The lowest BCUT2D eigenvalue weighted by atomic mass is 10.0. The number of benzene rings is 2. The first-order valence-electron chi connectivity index (χ1n) is 8.96. The van der Waals surface area contributed by atoms with Crippen molar-refractivity contribution in [1.29, 1.82) is 0 Å². The van der Waals surface area contributed by atoms with Gasteiger partial charge in [0, 0.05) is 16.0 Å². The molecule has 0 bridgehead atoms. The van der Waals surface area contributed by atoms with Crippen molar-refractivity contribution in [1.82, 2.24) is 4.98 Å². The van der Waals surface area contributed by atoms with Gasteiger partial charge in [0.1, 0.15) is 5.75 Å². The van der Waals surface area contributed by atoms with E-state index in [1.807, 2.05) is 32.9 Å². The Morgan fingerprint density at radius 3 is 2.37 bits per heavy atom. The quantitative estimate of drug-likeness (QED) is 0.611. The normalized spacial score (nSPS) is 10.9. The highest BCUT2D eigenvalue weighted by Gasteiger charge is 2.14. The van der Waals surface area contributed by atoms with Crippen LogP contribution < -0.4 is 10.1 Å². The minimum Gasteiger partial charge on any atom is -0.491 e. The van der Waals surface area contributed by atoms with Crippen molar-refractivity contribution in [2.24, 2.45) is 0 Å². The fourth-order valence-electron chi connectivity index (χ4n) is 2.73. The van der Waals surface area contributed by atoms with Crippen LogP contribution in [0.1, 0.15) is 40.2 Å². The molecule has 1 amide bonds. The Labute approximate surface area is 164 Å². The first kappa shape index (κ1) is 19.1. The maximum Gasteiger partial charge on any atom is 0.257 e. The van der Waals surface area contributed by atoms with E-state index in [9.17, 15) is 4.79 Å². The van der Waals surface area contributed by atoms with Gasteiger partial charge in [0.05, 0.1) is 11.8 Å². The topological polar surface area (TPSA) is 51.2 Å². The Hall–Kier alpha value is -2.66. The van der Waals surface area contributed by atoms with Crippen LogP contribution in [0.5, 0.6) is 5.75 Å². The zero-order valence-electron chi connectivity index (χ0n) is 16.3. The zero-order chi connectivity index (χ0) is 19.6. The summed E-state index contributed by atoms with van der Waals surface area (Å²) >= 11 is 1.49. The van der Waals surface area contributed by atoms with E-state index >= 15 is 0 Å². The van der Waals surface area contributed by atoms with Crippen molar-refractivity contribution in [2.75, 3.05) is 5.32 Å². The predicted molar refractivity (Wildman–Crippen MR) is 112 cm³/mol. The van der Waals surface area contributed by atoms with Crippen molar-refractivity contribution in [2.45, 2.75) is 40.7 Å². The number of rotatable bonds is 5. The van der Waals surface area contributed by atoms with Gasteiger partial charge in [-0.25, -0.2) is 4.98 Å². The summed E-state index contributed by atoms with van der Waals surface area (Å²) in [6, 6.07) is 13.4. The molecule has 1 aromatic heterocycles. The van der Waals surface area contributed by atoms with E-state index in [0.29, 0.717) is 10.7 Å². The summed E-state index contributed by atoms with van der Waals surface area (Å²) in [7, 11) is 0. The maximum atomic E-state index is 12.5. The fourth-order valence-corrected chi connectivity index (χ4v) is 3.56. The van der Waals surface area contributed by atoms with Gasteiger partial charge < -0.3 is 4.74 Å². The summed E-state index contributed by atoms with van der Waals surface area (Å²) in [5.41, 5.74) is 5.05. The molecule has 0 radical (unpaired) electrons. The monoisotopic (exact) mass is 380 g/mol. The van der Waals surface area contributed by atoms with Crippen molar-refractivity contribution < 1.29 is 9.53 Å². The average Bonchev–Trinajstić information content (AvgIpc) is 2.97. The first-order chi connectivity index (χ1) is 12.8. The number of nitrogens with one attached hydrogen (secondary N) is 1. The maximum absolute atomic E-state index is 12.5. The number of anilines is 1. The Bertz CT molecular complexity index is 959. The second kappa shape index (κ2) is 7.92. The molecule has 0 aliphatic rings. The summed E-state index contributed by atoms with van der Waals surface area (Å²) in [6.07, 6.45) is 0.104. The number of aryl methyl sites for hydroxylation is 3. The minimum atomic E-state index is -0.175. The number of aromatic nitrogens is 1. The van der Waals surface area contributed by atoms with E-state index in [4.69, 9.17) is 4.74 Å². The van der Waals surface area contributed by atoms with E-state index in [2.05, 4.69) is 42.3 Å². The van der Waals surface area contributed by atoms with Crippen LogP contribution in [-0.4, -0.2) is 17.0 Å². The number of amides is 1. The van der Waals surface area contributed by atoms with E-state index < -0.39 is 0 Å².